The van der Waals surface area contributed by atoms with Crippen LogP contribution in [0.1, 0.15) is 32.1 Å². The molecule has 0 radical (unpaired) electrons. The Labute approximate surface area is 353 Å². The Kier molecular flexibility index (Phi) is 14.1. The van der Waals surface area contributed by atoms with Gasteiger partial charge in [-0.05, 0) is 72.8 Å². The topological polar surface area (TPSA) is 314 Å². The van der Waals surface area contributed by atoms with E-state index in [4.69, 9.17) is 33.5 Å². The molecule has 0 aliphatic heterocycles. The summed E-state index contributed by atoms with van der Waals surface area (Å²) in [5, 5.41) is 53.0. The monoisotopic (exact) mass is 920 g/mol. The summed E-state index contributed by atoms with van der Waals surface area (Å²) < 4.78 is 47.9. The molecule has 0 saturated carbocycles. The first-order chi connectivity index (χ1) is 27.1. The summed E-state index contributed by atoms with van der Waals surface area (Å²) in [5.74, 6) is -2.86. The van der Waals surface area contributed by atoms with Gasteiger partial charge in [0.2, 0.25) is 20.0 Å². The summed E-state index contributed by atoms with van der Waals surface area (Å²) in [6.07, 6.45) is 0. The van der Waals surface area contributed by atoms with Gasteiger partial charge in [-0.15, -0.1) is 11.4 Å². The van der Waals surface area contributed by atoms with Crippen LogP contribution in [0.25, 0.3) is 11.4 Å². The number of nitrogens with two attached hydrogens (primary N) is 2. The van der Waals surface area contributed by atoms with Crippen LogP contribution in [0.2, 0.25) is 10.0 Å². The van der Waals surface area contributed by atoms with Crippen molar-refractivity contribution in [1.29, 1.82) is 0 Å². The van der Waals surface area contributed by atoms with Crippen LogP contribution in [0.3, 0.4) is 0 Å². The molecule has 4 aromatic carbocycles. The fourth-order valence-electron chi connectivity index (χ4n) is 4.90. The third-order valence-corrected chi connectivity index (χ3v) is 9.94. The third kappa shape index (κ3) is 10.7. The van der Waals surface area contributed by atoms with E-state index in [1.54, 1.807) is 62.4 Å². The van der Waals surface area contributed by atoms with Crippen LogP contribution in [0.15, 0.2) is 125 Å². The van der Waals surface area contributed by atoms with Crippen molar-refractivity contribution < 1.29 is 54.0 Å². The maximum atomic E-state index is 12.6. The largest absolute Gasteiger partial charge is 0.478 e. The molecule has 2 aromatic heterocycles. The number of primary sulfonamides is 2. The predicted octanol–water partition coefficient (Wildman–Crippen LogP) is 5.35. The summed E-state index contributed by atoms with van der Waals surface area (Å²) in [4.78, 5) is 47.3. The number of aromatic nitrogens is 4. The van der Waals surface area contributed by atoms with E-state index in [9.17, 15) is 46.2 Å². The first-order valence-corrected chi connectivity index (χ1v) is 19.7. The minimum Gasteiger partial charge on any atom is -0.478 e. The molecule has 59 heavy (non-hydrogen) atoms. The first kappa shape index (κ1) is 45.7. The van der Waals surface area contributed by atoms with Gasteiger partial charge in [0.15, 0.2) is 0 Å². The zero-order chi connectivity index (χ0) is 42.7. The van der Waals surface area contributed by atoms with E-state index in [0.29, 0.717) is 21.4 Å². The molecule has 0 aliphatic rings. The normalized spacial score (nSPS) is 11.6. The van der Waals surface area contributed by atoms with E-state index in [1.165, 1.54) is 0 Å². The van der Waals surface area contributed by atoms with Gasteiger partial charge in [-0.3, -0.25) is 0 Å². The second kappa shape index (κ2) is 18.3. The van der Waals surface area contributed by atoms with Crippen LogP contribution in [0, 0.1) is 13.8 Å². The Balaban J connectivity index is 0.000000256. The Bertz CT molecular complexity index is 2830. The van der Waals surface area contributed by atoms with E-state index < -0.39 is 54.2 Å². The quantitative estimate of drug-likeness (QED) is 0.0999. The molecule has 0 saturated heterocycles. The molecular formula is C34H26Cl2CrN10O10S2-2. The Morgan fingerprint density at radius 2 is 1.00 bits per heavy atom. The molecule has 6 rings (SSSR count). The number of halogens is 2. The van der Waals surface area contributed by atoms with Crippen molar-refractivity contribution in [3.05, 3.63) is 138 Å². The number of azo groups is 2. The van der Waals surface area contributed by atoms with Gasteiger partial charge >= 0.3 is 11.9 Å². The standard InChI is InChI=1S/2C17H13ClN5O5S.Cr/c2*1-9-15(16(24)23(22-9)11-4-2-3-10(18)7-11)21-20-14-6-5-12(29(19,27)28)8-13(14)17(25)26;/h2*2-8H,1H3,(H,25,26)(H2,19,27,28);/q2*-1;. The summed E-state index contributed by atoms with van der Waals surface area (Å²) in [6.45, 7) is 3.08. The number of carbonyl (C=O) groups is 2. The van der Waals surface area contributed by atoms with Crippen LogP contribution in [-0.2, 0) is 37.4 Å². The maximum Gasteiger partial charge on any atom is 0.338 e. The number of benzene rings is 4. The average molecular weight is 922 g/mol. The molecule has 0 unspecified atom stereocenters. The number of aromatic carboxylic acids is 2. The zero-order valence-electron chi connectivity index (χ0n) is 30.0. The van der Waals surface area contributed by atoms with Gasteiger partial charge in [-0.25, -0.2) is 56.3 Å². The number of hydrogen-bond donors (Lipinski definition) is 4. The average Bonchev–Trinajstić information content (AvgIpc) is 3.60. The Morgan fingerprint density at radius 1 is 0.644 bits per heavy atom. The number of hydrogen-bond acceptors (Lipinski definition) is 14. The summed E-state index contributed by atoms with van der Waals surface area (Å²) in [5.41, 5.74) is -1.16. The molecule has 20 nitrogen and oxygen atoms in total. The molecule has 0 spiro atoms. The van der Waals surface area contributed by atoms with Gasteiger partial charge in [0.1, 0.15) is 11.1 Å². The van der Waals surface area contributed by atoms with Crippen molar-refractivity contribution in [2.75, 3.05) is 0 Å². The van der Waals surface area contributed by atoms with Crippen molar-refractivity contribution in [2.24, 2.45) is 30.7 Å². The second-order valence-electron chi connectivity index (χ2n) is 11.7. The molecule has 0 atom stereocenters. The smallest absolute Gasteiger partial charge is 0.338 e. The Hall–Kier alpha value is -6.03. The first-order valence-electron chi connectivity index (χ1n) is 15.8. The minimum absolute atomic E-state index is 0. The molecule has 2 heterocycles. The summed E-state index contributed by atoms with van der Waals surface area (Å²) in [7, 11) is -8.19. The molecule has 306 valence electrons. The van der Waals surface area contributed by atoms with Crippen LogP contribution in [0.5, 0.6) is 0 Å². The van der Waals surface area contributed by atoms with Gasteiger partial charge in [-0.2, -0.15) is 10.2 Å². The minimum atomic E-state index is -4.10. The fraction of sp³-hybridized carbons (Fsp3) is 0.0588. The predicted molar refractivity (Wildman–Crippen MR) is 208 cm³/mol. The molecule has 6 aromatic rings. The number of aryl methyl sites for hydroxylation is 2. The van der Waals surface area contributed by atoms with E-state index in [-0.39, 0.29) is 61.3 Å². The van der Waals surface area contributed by atoms with Gasteiger partial charge < -0.3 is 30.0 Å². The van der Waals surface area contributed by atoms with Crippen LogP contribution in [-0.4, -0.2) is 58.5 Å². The molecule has 0 aliphatic carbocycles. The van der Waals surface area contributed by atoms with E-state index in [1.807, 2.05) is 0 Å². The molecule has 0 amide bonds. The Morgan fingerprint density at radius 3 is 1.31 bits per heavy atom. The molecule has 0 fully saturated rings. The number of carboxylic acids is 2. The number of rotatable bonds is 10. The maximum absolute atomic E-state index is 12.6. The molecule has 25 heteroatoms. The van der Waals surface area contributed by atoms with Gasteiger partial charge in [0.25, 0.3) is 0 Å². The van der Waals surface area contributed by atoms with E-state index in [2.05, 4.69) is 30.7 Å². The summed E-state index contributed by atoms with van der Waals surface area (Å²) in [6, 6.07) is 19.1. The summed E-state index contributed by atoms with van der Waals surface area (Å²) >= 11 is 11.9. The second-order valence-corrected chi connectivity index (χ2v) is 15.7. The number of nitrogens with zero attached hydrogens (tertiary/aromatic N) is 8. The van der Waals surface area contributed by atoms with E-state index >= 15 is 0 Å². The van der Waals surface area contributed by atoms with Crippen molar-refractivity contribution >= 4 is 77.9 Å². The fourth-order valence-corrected chi connectivity index (χ4v) is 6.35. The molecular weight excluding hydrogens is 895 g/mol. The molecule has 6 N–H and O–H groups in total. The zero-order valence-corrected chi connectivity index (χ0v) is 34.4. The van der Waals surface area contributed by atoms with Crippen molar-refractivity contribution in [2.45, 2.75) is 23.6 Å². The van der Waals surface area contributed by atoms with Crippen LogP contribution >= 0.6 is 23.2 Å². The van der Waals surface area contributed by atoms with Crippen LogP contribution < -0.4 is 21.4 Å². The third-order valence-electron chi connectivity index (χ3n) is 7.65. The van der Waals surface area contributed by atoms with Gasteiger partial charge in [0, 0.05) is 27.4 Å². The van der Waals surface area contributed by atoms with Crippen molar-refractivity contribution in [3.8, 4) is 11.4 Å². The van der Waals surface area contributed by atoms with E-state index in [0.717, 1.165) is 45.8 Å². The van der Waals surface area contributed by atoms with Gasteiger partial charge in [-0.1, -0.05) is 60.6 Å². The SMILES string of the molecule is Cc1nn(-c2cccc(Cl)c2)c(=O)[c-]1N=Nc1ccc(S(N)(=O)=O)cc1C(=O)O.Cc1nn(-c2cccc(Cl)c2)c(=O)[c-]1N=Nc1ccc(S(N)(=O)=O)cc1C(=O)O.[Cr]. The van der Waals surface area contributed by atoms with Crippen molar-refractivity contribution in [3.63, 3.8) is 0 Å². The molecule has 0 bridgehead atoms. The number of sulfonamides is 2. The van der Waals surface area contributed by atoms with Crippen LogP contribution in [0.4, 0.5) is 22.7 Å². The van der Waals surface area contributed by atoms with Crippen molar-refractivity contribution in [1.82, 2.24) is 19.6 Å². The van der Waals surface area contributed by atoms with Gasteiger partial charge in [0.05, 0.1) is 43.7 Å². The number of carboxylic acid groups (broad SMARTS) is 2.